The van der Waals surface area contributed by atoms with Crippen molar-refractivity contribution in [3.05, 3.63) is 87.4 Å². The highest BCUT2D eigenvalue weighted by Crippen LogP contribution is 2.40. The Morgan fingerprint density at radius 3 is 2.05 bits per heavy atom. The second-order valence-corrected chi connectivity index (χ2v) is 10.2. The number of fused-ring (bicyclic) bond motifs is 1. The van der Waals surface area contributed by atoms with Crippen LogP contribution in [0.1, 0.15) is 30.4 Å². The summed E-state index contributed by atoms with van der Waals surface area (Å²) in [6, 6.07) is 16.9. The maximum absolute atomic E-state index is 13.5. The van der Waals surface area contributed by atoms with E-state index >= 15 is 0 Å². The molecule has 1 aliphatic rings. The van der Waals surface area contributed by atoms with Gasteiger partial charge in [0.15, 0.2) is 11.5 Å². The fraction of sp³-hybridized carbons (Fsp3) is 0.355. The molecule has 0 atom stereocenters. The first-order valence-corrected chi connectivity index (χ1v) is 13.9. The molecule has 0 amide bonds. The molecule has 0 radical (unpaired) electrons. The molecule has 0 spiro atoms. The summed E-state index contributed by atoms with van der Waals surface area (Å²) in [6.07, 6.45) is 4.95. The fourth-order valence-electron chi connectivity index (χ4n) is 4.86. The van der Waals surface area contributed by atoms with E-state index in [1.807, 2.05) is 48.5 Å². The maximum Gasteiger partial charge on any atom is 0.262 e. The highest BCUT2D eigenvalue weighted by molar-refractivity contribution is 6.37. The first kappa shape index (κ1) is 27.8. The minimum Gasteiger partial charge on any atom is -0.497 e. The number of methoxy groups -OCH3 is 2. The topological polar surface area (TPSA) is 75.1 Å². The Hall–Kier alpha value is -3.75. The number of hydrogen-bond acceptors (Lipinski definition) is 7. The molecule has 1 aliphatic heterocycles. The second kappa shape index (κ2) is 13.1. The minimum absolute atomic E-state index is 0.188. The summed E-state index contributed by atoms with van der Waals surface area (Å²) in [5, 5.41) is 0.522. The predicted octanol–water partition coefficient (Wildman–Crippen LogP) is 5.71. The van der Waals surface area contributed by atoms with Crippen LogP contribution in [0, 0.1) is 0 Å². The van der Waals surface area contributed by atoms with Crippen LogP contribution in [0.3, 0.4) is 0 Å². The van der Waals surface area contributed by atoms with Crippen LogP contribution in [-0.2, 0) is 19.8 Å². The van der Waals surface area contributed by atoms with Crippen LogP contribution < -0.4 is 24.5 Å². The first-order chi connectivity index (χ1) is 19.6. The Labute approximate surface area is 239 Å². The van der Waals surface area contributed by atoms with Gasteiger partial charge in [-0.3, -0.25) is 9.36 Å². The Balaban J connectivity index is 1.42. The summed E-state index contributed by atoms with van der Waals surface area (Å²) in [5.41, 5.74) is 2.14. The number of rotatable bonds is 12. The van der Waals surface area contributed by atoms with E-state index < -0.39 is 0 Å². The Bertz CT molecular complexity index is 1480. The van der Waals surface area contributed by atoms with Gasteiger partial charge in [0.2, 0.25) is 0 Å². The van der Waals surface area contributed by atoms with E-state index in [0.717, 1.165) is 48.7 Å². The Morgan fingerprint density at radius 1 is 0.850 bits per heavy atom. The van der Waals surface area contributed by atoms with Crippen LogP contribution in [0.15, 0.2) is 65.7 Å². The van der Waals surface area contributed by atoms with Crippen LogP contribution in [-0.4, -0.2) is 48.3 Å². The number of aromatic nitrogens is 2. The van der Waals surface area contributed by atoms with E-state index in [9.17, 15) is 4.79 Å². The normalized spacial score (nSPS) is 13.5. The monoisotopic (exact) mass is 563 g/mol. The van der Waals surface area contributed by atoms with Gasteiger partial charge < -0.3 is 23.8 Å². The van der Waals surface area contributed by atoms with E-state index in [-0.39, 0.29) is 23.8 Å². The largest absolute Gasteiger partial charge is 0.497 e. The lowest BCUT2D eigenvalue weighted by Crippen LogP contribution is -2.25. The summed E-state index contributed by atoms with van der Waals surface area (Å²) < 4.78 is 24.5. The summed E-state index contributed by atoms with van der Waals surface area (Å²) in [5.74, 6) is 2.25. The molecule has 210 valence electrons. The van der Waals surface area contributed by atoms with Crippen molar-refractivity contribution in [2.45, 2.75) is 39.0 Å². The van der Waals surface area contributed by atoms with Crippen molar-refractivity contribution in [1.29, 1.82) is 0 Å². The van der Waals surface area contributed by atoms with Crippen molar-refractivity contribution in [2.75, 3.05) is 33.9 Å². The van der Waals surface area contributed by atoms with Gasteiger partial charge in [0, 0.05) is 12.6 Å². The van der Waals surface area contributed by atoms with Crippen molar-refractivity contribution in [3.63, 3.8) is 0 Å². The van der Waals surface area contributed by atoms with Gasteiger partial charge in [-0.15, -0.1) is 0 Å². The summed E-state index contributed by atoms with van der Waals surface area (Å²) in [4.78, 5) is 20.5. The molecule has 1 saturated heterocycles. The van der Waals surface area contributed by atoms with E-state index in [4.69, 9.17) is 30.5 Å². The van der Waals surface area contributed by atoms with Crippen molar-refractivity contribution in [2.24, 2.45) is 0 Å². The molecule has 0 unspecified atom stereocenters. The van der Waals surface area contributed by atoms with Crippen molar-refractivity contribution >= 4 is 22.5 Å². The lowest BCUT2D eigenvalue weighted by Gasteiger charge is -2.17. The van der Waals surface area contributed by atoms with Crippen LogP contribution >= 0.6 is 11.6 Å². The molecule has 0 N–H and O–H groups in total. The van der Waals surface area contributed by atoms with Gasteiger partial charge in [-0.2, -0.15) is 0 Å². The third-order valence-electron chi connectivity index (χ3n) is 7.15. The Morgan fingerprint density at radius 2 is 1.45 bits per heavy atom. The smallest absolute Gasteiger partial charge is 0.262 e. The van der Waals surface area contributed by atoms with E-state index in [1.54, 1.807) is 31.2 Å². The molecule has 40 heavy (non-hydrogen) atoms. The standard InChI is InChI=1S/C31H34ClN3O5/c1-37-24-10-6-22(7-11-24)19-39-27-18-26-28(29(32)30(27)40-20-23-8-12-25(38-2)13-9-23)31(36)35(21-33-26)17-5-16-34-14-3-4-15-34/h6-13,18,21H,3-5,14-17,19-20H2,1-2H3. The van der Waals surface area contributed by atoms with Gasteiger partial charge in [0.1, 0.15) is 29.7 Å². The average molecular weight is 564 g/mol. The van der Waals surface area contributed by atoms with E-state index in [1.165, 1.54) is 12.8 Å². The first-order valence-electron chi connectivity index (χ1n) is 13.5. The highest BCUT2D eigenvalue weighted by Gasteiger charge is 2.20. The molecule has 8 nitrogen and oxygen atoms in total. The number of benzene rings is 3. The Kier molecular flexibility index (Phi) is 9.08. The van der Waals surface area contributed by atoms with E-state index in [0.29, 0.717) is 28.9 Å². The molecular weight excluding hydrogens is 530 g/mol. The molecular formula is C31H34ClN3O5. The zero-order valence-electron chi connectivity index (χ0n) is 22.9. The quantitative estimate of drug-likeness (QED) is 0.218. The second-order valence-electron chi connectivity index (χ2n) is 9.83. The number of ether oxygens (including phenoxy) is 4. The molecule has 2 heterocycles. The number of halogens is 1. The SMILES string of the molecule is COc1ccc(COc2cc3ncn(CCCN4CCCC4)c(=O)c3c(Cl)c2OCc2ccc(OC)cc2)cc1. The van der Waals surface area contributed by atoms with Crippen LogP contribution in [0.25, 0.3) is 10.9 Å². The lowest BCUT2D eigenvalue weighted by atomic mass is 10.2. The molecule has 9 heteroatoms. The van der Waals surface area contributed by atoms with E-state index in [2.05, 4.69) is 9.88 Å². The van der Waals surface area contributed by atoms with Gasteiger partial charge in [-0.05, 0) is 74.3 Å². The van der Waals surface area contributed by atoms with Crippen molar-refractivity contribution in [3.8, 4) is 23.0 Å². The summed E-state index contributed by atoms with van der Waals surface area (Å²) in [6.45, 7) is 4.31. The molecule has 1 aromatic heterocycles. The number of likely N-dealkylation sites (tertiary alicyclic amines) is 1. The number of nitrogens with zero attached hydrogens (tertiary/aromatic N) is 3. The number of aryl methyl sites for hydroxylation is 1. The number of hydrogen-bond donors (Lipinski definition) is 0. The molecule has 4 aromatic rings. The van der Waals surface area contributed by atoms with Gasteiger partial charge >= 0.3 is 0 Å². The predicted molar refractivity (Wildman–Crippen MR) is 156 cm³/mol. The lowest BCUT2D eigenvalue weighted by molar-refractivity contribution is 0.256. The van der Waals surface area contributed by atoms with Crippen molar-refractivity contribution in [1.82, 2.24) is 14.5 Å². The molecule has 3 aromatic carbocycles. The molecule has 0 bridgehead atoms. The molecule has 1 fully saturated rings. The zero-order chi connectivity index (χ0) is 27.9. The maximum atomic E-state index is 13.5. The third-order valence-corrected chi connectivity index (χ3v) is 7.51. The summed E-state index contributed by atoms with van der Waals surface area (Å²) >= 11 is 6.89. The highest BCUT2D eigenvalue weighted by atomic mass is 35.5. The van der Waals surface area contributed by atoms with Gasteiger partial charge in [0.05, 0.1) is 31.4 Å². The van der Waals surface area contributed by atoms with Crippen LogP contribution in [0.2, 0.25) is 5.02 Å². The van der Waals surface area contributed by atoms with Crippen LogP contribution in [0.5, 0.6) is 23.0 Å². The third kappa shape index (κ3) is 6.51. The molecule has 0 saturated carbocycles. The van der Waals surface area contributed by atoms with Crippen LogP contribution in [0.4, 0.5) is 0 Å². The summed E-state index contributed by atoms with van der Waals surface area (Å²) in [7, 11) is 3.25. The average Bonchev–Trinajstić information content (AvgIpc) is 3.51. The van der Waals surface area contributed by atoms with Gasteiger partial charge in [0.25, 0.3) is 5.56 Å². The minimum atomic E-state index is -0.188. The molecule has 0 aliphatic carbocycles. The van der Waals surface area contributed by atoms with Crippen molar-refractivity contribution < 1.29 is 18.9 Å². The van der Waals surface area contributed by atoms with Gasteiger partial charge in [-0.25, -0.2) is 4.98 Å². The zero-order valence-corrected chi connectivity index (χ0v) is 23.7. The fourth-order valence-corrected chi connectivity index (χ4v) is 5.19. The van der Waals surface area contributed by atoms with Gasteiger partial charge in [-0.1, -0.05) is 35.9 Å². The molecule has 5 rings (SSSR count).